The molecule has 25 heavy (non-hydrogen) atoms. The van der Waals surface area contributed by atoms with E-state index in [-0.39, 0.29) is 18.3 Å². The molecule has 7 nitrogen and oxygen atoms in total. The van der Waals surface area contributed by atoms with Gasteiger partial charge >= 0.3 is 0 Å². The molecular formula is C17H17N5O2S. The Kier molecular flexibility index (Phi) is 6.92. The van der Waals surface area contributed by atoms with Crippen molar-refractivity contribution in [2.24, 2.45) is 5.10 Å². The number of hydrogen-bond donors (Lipinski definition) is 1. The summed E-state index contributed by atoms with van der Waals surface area (Å²) < 4.78 is 5.29. The number of carbonyl (C=O) groups excluding carboxylic acids is 1. The Morgan fingerprint density at radius 1 is 1.36 bits per heavy atom. The van der Waals surface area contributed by atoms with E-state index >= 15 is 0 Å². The molecule has 1 aromatic carbocycles. The van der Waals surface area contributed by atoms with Gasteiger partial charge in [0.25, 0.3) is 5.91 Å². The SMILES string of the molecule is Cc1cc(C)nc(SCC(=O)NN=Cc2ccccc2OCC#N)n1. The molecule has 128 valence electrons. The van der Waals surface area contributed by atoms with E-state index in [1.54, 1.807) is 18.2 Å². The minimum absolute atomic E-state index is 0.0518. The van der Waals surface area contributed by atoms with Crippen molar-refractivity contribution in [3.63, 3.8) is 0 Å². The normalized spacial score (nSPS) is 10.4. The summed E-state index contributed by atoms with van der Waals surface area (Å²) in [5.74, 6) is 0.423. The molecule has 0 aliphatic carbocycles. The molecule has 2 rings (SSSR count). The largest absolute Gasteiger partial charge is 0.478 e. The van der Waals surface area contributed by atoms with Gasteiger partial charge in [-0.15, -0.1) is 0 Å². The first-order chi connectivity index (χ1) is 12.1. The molecule has 0 spiro atoms. The molecule has 0 unspecified atom stereocenters. The highest BCUT2D eigenvalue weighted by atomic mass is 32.2. The van der Waals surface area contributed by atoms with Crippen LogP contribution in [0.3, 0.4) is 0 Å². The Bertz CT molecular complexity index is 797. The Morgan fingerprint density at radius 3 is 2.80 bits per heavy atom. The predicted octanol–water partition coefficient (Wildman–Crippen LogP) is 2.24. The lowest BCUT2D eigenvalue weighted by Crippen LogP contribution is -2.20. The molecule has 0 bridgehead atoms. The maximum Gasteiger partial charge on any atom is 0.250 e. The number of aryl methyl sites for hydroxylation is 2. The van der Waals surface area contributed by atoms with Crippen LogP contribution < -0.4 is 10.2 Å². The summed E-state index contributed by atoms with van der Waals surface area (Å²) in [6.07, 6.45) is 1.47. The van der Waals surface area contributed by atoms with Gasteiger partial charge in [-0.1, -0.05) is 23.9 Å². The molecule has 8 heteroatoms. The second-order valence-corrected chi connectivity index (χ2v) is 5.94. The van der Waals surface area contributed by atoms with E-state index in [0.29, 0.717) is 16.5 Å². The minimum atomic E-state index is -0.264. The smallest absolute Gasteiger partial charge is 0.250 e. The second kappa shape index (κ2) is 9.39. The number of rotatable bonds is 7. The van der Waals surface area contributed by atoms with E-state index in [1.165, 1.54) is 18.0 Å². The van der Waals surface area contributed by atoms with Crippen LogP contribution in [0.1, 0.15) is 17.0 Å². The number of thioether (sulfide) groups is 1. The molecule has 2 aromatic rings. The summed E-state index contributed by atoms with van der Waals surface area (Å²) >= 11 is 1.25. The van der Waals surface area contributed by atoms with Crippen molar-refractivity contribution in [2.45, 2.75) is 19.0 Å². The third-order valence-corrected chi connectivity index (χ3v) is 3.75. The molecule has 1 heterocycles. The predicted molar refractivity (Wildman–Crippen MR) is 95.5 cm³/mol. The molecule has 0 aliphatic heterocycles. The summed E-state index contributed by atoms with van der Waals surface area (Å²) in [6, 6.07) is 10.9. The zero-order valence-corrected chi connectivity index (χ0v) is 14.7. The van der Waals surface area contributed by atoms with Crippen molar-refractivity contribution in [1.29, 1.82) is 5.26 Å². The average molecular weight is 355 g/mol. The minimum Gasteiger partial charge on any atom is -0.478 e. The van der Waals surface area contributed by atoms with Gasteiger partial charge in [0.05, 0.1) is 12.0 Å². The maximum absolute atomic E-state index is 11.9. The number of hydrazone groups is 1. The molecule has 1 aromatic heterocycles. The summed E-state index contributed by atoms with van der Waals surface area (Å²) in [5, 5.41) is 13.1. The van der Waals surface area contributed by atoms with Crippen LogP contribution in [0.25, 0.3) is 0 Å². The number of ether oxygens (including phenoxy) is 1. The number of amides is 1. The van der Waals surface area contributed by atoms with Gasteiger partial charge in [0.1, 0.15) is 11.8 Å². The summed E-state index contributed by atoms with van der Waals surface area (Å²) in [4.78, 5) is 20.4. The van der Waals surface area contributed by atoms with Gasteiger partial charge in [0, 0.05) is 17.0 Å². The Balaban J connectivity index is 1.87. The molecule has 0 saturated heterocycles. The third kappa shape index (κ3) is 6.24. The van der Waals surface area contributed by atoms with Crippen LogP contribution in [0.4, 0.5) is 0 Å². The van der Waals surface area contributed by atoms with Crippen molar-refractivity contribution in [1.82, 2.24) is 15.4 Å². The number of para-hydroxylation sites is 1. The number of nitriles is 1. The number of hydrogen-bond acceptors (Lipinski definition) is 7. The number of aromatic nitrogens is 2. The van der Waals surface area contributed by atoms with Gasteiger partial charge in [-0.25, -0.2) is 15.4 Å². The second-order valence-electron chi connectivity index (χ2n) is 5.00. The van der Waals surface area contributed by atoms with Gasteiger partial charge in [0.15, 0.2) is 11.8 Å². The first-order valence-electron chi connectivity index (χ1n) is 7.44. The quantitative estimate of drug-likeness (QED) is 0.354. The Morgan fingerprint density at radius 2 is 2.08 bits per heavy atom. The zero-order valence-electron chi connectivity index (χ0n) is 13.9. The first-order valence-corrected chi connectivity index (χ1v) is 8.43. The van der Waals surface area contributed by atoms with Crippen molar-refractivity contribution in [3.8, 4) is 11.8 Å². The highest BCUT2D eigenvalue weighted by Gasteiger charge is 2.05. The lowest BCUT2D eigenvalue weighted by Gasteiger charge is -2.05. The van der Waals surface area contributed by atoms with Crippen molar-refractivity contribution in [3.05, 3.63) is 47.3 Å². The van der Waals surface area contributed by atoms with E-state index in [1.807, 2.05) is 32.0 Å². The number of nitrogens with one attached hydrogen (secondary N) is 1. The Labute approximate surface area is 150 Å². The van der Waals surface area contributed by atoms with Crippen LogP contribution in [0, 0.1) is 25.2 Å². The monoisotopic (exact) mass is 355 g/mol. The van der Waals surface area contributed by atoms with Crippen LogP contribution in [0.5, 0.6) is 5.75 Å². The van der Waals surface area contributed by atoms with Gasteiger partial charge in [-0.3, -0.25) is 4.79 Å². The lowest BCUT2D eigenvalue weighted by atomic mass is 10.2. The summed E-state index contributed by atoms with van der Waals surface area (Å²) in [5.41, 5.74) is 4.84. The van der Waals surface area contributed by atoms with Crippen molar-refractivity contribution in [2.75, 3.05) is 12.4 Å². The molecule has 1 N–H and O–H groups in total. The van der Waals surface area contributed by atoms with Crippen molar-refractivity contribution < 1.29 is 9.53 Å². The molecule has 0 saturated carbocycles. The average Bonchev–Trinajstić information content (AvgIpc) is 2.58. The molecule has 0 aliphatic rings. The fourth-order valence-electron chi connectivity index (χ4n) is 1.92. The van der Waals surface area contributed by atoms with Gasteiger partial charge in [-0.05, 0) is 32.0 Å². The van der Waals surface area contributed by atoms with Gasteiger partial charge in [0.2, 0.25) is 0 Å². The maximum atomic E-state index is 11.9. The van der Waals surface area contributed by atoms with Crippen LogP contribution in [0.2, 0.25) is 0 Å². The topological polar surface area (TPSA) is 100 Å². The van der Waals surface area contributed by atoms with E-state index in [2.05, 4.69) is 20.5 Å². The summed E-state index contributed by atoms with van der Waals surface area (Å²) in [6.45, 7) is 3.72. The first kappa shape index (κ1) is 18.4. The number of nitrogens with zero attached hydrogens (tertiary/aromatic N) is 4. The van der Waals surface area contributed by atoms with E-state index in [9.17, 15) is 4.79 Å². The number of carbonyl (C=O) groups is 1. The number of benzene rings is 1. The van der Waals surface area contributed by atoms with E-state index < -0.39 is 0 Å². The fraction of sp³-hybridized carbons (Fsp3) is 0.235. The highest BCUT2D eigenvalue weighted by molar-refractivity contribution is 7.99. The standard InChI is InChI=1S/C17H17N5O2S/c1-12-9-13(2)21-17(20-12)25-11-16(23)22-19-10-14-5-3-4-6-15(14)24-8-7-18/h3-6,9-10H,8,11H2,1-2H3,(H,22,23). The molecule has 0 atom stereocenters. The summed E-state index contributed by atoms with van der Waals surface area (Å²) in [7, 11) is 0. The molecule has 0 fully saturated rings. The van der Waals surface area contributed by atoms with Gasteiger partial charge in [-0.2, -0.15) is 10.4 Å². The van der Waals surface area contributed by atoms with E-state index in [4.69, 9.17) is 10.00 Å². The lowest BCUT2D eigenvalue weighted by molar-refractivity contribution is -0.118. The third-order valence-electron chi connectivity index (χ3n) is 2.90. The molecule has 0 radical (unpaired) electrons. The van der Waals surface area contributed by atoms with Gasteiger partial charge < -0.3 is 4.74 Å². The van der Waals surface area contributed by atoms with Crippen LogP contribution in [-0.2, 0) is 4.79 Å². The highest BCUT2D eigenvalue weighted by Crippen LogP contribution is 2.16. The fourth-order valence-corrected chi connectivity index (χ4v) is 2.66. The van der Waals surface area contributed by atoms with Crippen LogP contribution in [-0.4, -0.2) is 34.4 Å². The van der Waals surface area contributed by atoms with Crippen molar-refractivity contribution >= 4 is 23.9 Å². The van der Waals surface area contributed by atoms with E-state index in [0.717, 1.165) is 11.4 Å². The van der Waals surface area contributed by atoms with Crippen LogP contribution in [0.15, 0.2) is 40.6 Å². The Hall–Kier alpha value is -2.92. The molecular weight excluding hydrogens is 338 g/mol. The van der Waals surface area contributed by atoms with Crippen LogP contribution >= 0.6 is 11.8 Å². The zero-order chi connectivity index (χ0) is 18.1. The molecule has 1 amide bonds.